The molecule has 110 valence electrons. The summed E-state index contributed by atoms with van der Waals surface area (Å²) >= 11 is 0. The van der Waals surface area contributed by atoms with Crippen LogP contribution in [0.25, 0.3) is 0 Å². The van der Waals surface area contributed by atoms with Gasteiger partial charge in [-0.05, 0) is 62.3 Å². The van der Waals surface area contributed by atoms with Gasteiger partial charge in [0.05, 0.1) is 0 Å². The number of hydrogen-bond acceptors (Lipinski definition) is 3. The molecule has 3 N–H and O–H groups in total. The van der Waals surface area contributed by atoms with E-state index in [1.165, 1.54) is 0 Å². The minimum atomic E-state index is -0.129. The highest BCUT2D eigenvalue weighted by molar-refractivity contribution is 6.05. The number of phenolic OH excluding ortho intramolecular Hbond substituents is 1. The topological polar surface area (TPSA) is 61.4 Å². The molecule has 4 heteroatoms. The van der Waals surface area contributed by atoms with E-state index in [0.717, 1.165) is 24.1 Å². The maximum Gasteiger partial charge on any atom is 0.255 e. The van der Waals surface area contributed by atoms with Gasteiger partial charge in [-0.15, -0.1) is 0 Å². The lowest BCUT2D eigenvalue weighted by Gasteiger charge is -2.12. The molecule has 0 heterocycles. The number of hydrogen-bond donors (Lipinski definition) is 3. The fraction of sp³-hybridized carbons (Fsp3) is 0.235. The fourth-order valence-electron chi connectivity index (χ4n) is 2.20. The molecule has 2 rings (SSSR count). The second-order valence-electron chi connectivity index (χ2n) is 4.96. The predicted octanol–water partition coefficient (Wildman–Crippen LogP) is 2.71. The molecule has 21 heavy (non-hydrogen) atoms. The molecule has 2 aromatic rings. The number of nitrogens with one attached hydrogen (secondary N) is 2. The van der Waals surface area contributed by atoms with Crippen LogP contribution in [0.15, 0.2) is 42.5 Å². The van der Waals surface area contributed by atoms with Crippen molar-refractivity contribution in [2.24, 2.45) is 0 Å². The molecular formula is C17H20N2O2. The number of aromatic hydroxyl groups is 1. The highest BCUT2D eigenvalue weighted by atomic mass is 16.3. The minimum absolute atomic E-state index is 0.129. The summed E-state index contributed by atoms with van der Waals surface area (Å²) in [5, 5.41) is 15.4. The van der Waals surface area contributed by atoms with Crippen LogP contribution in [-0.4, -0.2) is 24.6 Å². The molecule has 4 nitrogen and oxygen atoms in total. The van der Waals surface area contributed by atoms with Crippen molar-refractivity contribution in [2.45, 2.75) is 13.3 Å². The Bertz CT molecular complexity index is 638. The highest BCUT2D eigenvalue weighted by Gasteiger charge is 2.12. The molecule has 1 amide bonds. The Kier molecular flexibility index (Phi) is 4.95. The summed E-state index contributed by atoms with van der Waals surface area (Å²) in [6, 6.07) is 12.5. The fourth-order valence-corrected chi connectivity index (χ4v) is 2.20. The van der Waals surface area contributed by atoms with Crippen LogP contribution >= 0.6 is 0 Å². The van der Waals surface area contributed by atoms with Crippen molar-refractivity contribution in [1.29, 1.82) is 0 Å². The van der Waals surface area contributed by atoms with Crippen LogP contribution < -0.4 is 10.6 Å². The Labute approximate surface area is 124 Å². The third-order valence-corrected chi connectivity index (χ3v) is 3.36. The SMILES string of the molecule is CNCCc1ccccc1C(=O)Nc1ccc(O)cc1C. The number of rotatable bonds is 5. The Morgan fingerprint density at radius 2 is 1.95 bits per heavy atom. The molecule has 0 saturated heterocycles. The number of benzene rings is 2. The molecule has 0 aromatic heterocycles. The highest BCUT2D eigenvalue weighted by Crippen LogP contribution is 2.21. The first-order valence-electron chi connectivity index (χ1n) is 6.95. The van der Waals surface area contributed by atoms with Crippen LogP contribution in [0.5, 0.6) is 5.75 Å². The van der Waals surface area contributed by atoms with Crippen LogP contribution in [-0.2, 0) is 6.42 Å². The first kappa shape index (κ1) is 15.1. The van der Waals surface area contributed by atoms with Gasteiger partial charge >= 0.3 is 0 Å². The van der Waals surface area contributed by atoms with Crippen molar-refractivity contribution in [1.82, 2.24) is 5.32 Å². The van der Waals surface area contributed by atoms with E-state index in [1.54, 1.807) is 18.2 Å². The molecule has 0 bridgehead atoms. The average molecular weight is 284 g/mol. The van der Waals surface area contributed by atoms with Gasteiger partial charge in [-0.25, -0.2) is 0 Å². The summed E-state index contributed by atoms with van der Waals surface area (Å²) in [6.45, 7) is 2.67. The first-order valence-corrected chi connectivity index (χ1v) is 6.95. The van der Waals surface area contributed by atoms with Gasteiger partial charge in [0.25, 0.3) is 5.91 Å². The zero-order valence-corrected chi connectivity index (χ0v) is 12.3. The van der Waals surface area contributed by atoms with Crippen LogP contribution in [0, 0.1) is 6.92 Å². The third kappa shape index (κ3) is 3.83. The van der Waals surface area contributed by atoms with E-state index in [9.17, 15) is 9.90 Å². The minimum Gasteiger partial charge on any atom is -0.508 e. The Hall–Kier alpha value is -2.33. The van der Waals surface area contributed by atoms with E-state index in [2.05, 4.69) is 10.6 Å². The van der Waals surface area contributed by atoms with Crippen LogP contribution in [0.4, 0.5) is 5.69 Å². The standard InChI is InChI=1S/C17H20N2O2/c1-12-11-14(20)7-8-16(12)19-17(21)15-6-4-3-5-13(15)9-10-18-2/h3-8,11,18,20H,9-10H2,1-2H3,(H,19,21). The van der Waals surface area contributed by atoms with Crippen molar-refractivity contribution < 1.29 is 9.90 Å². The van der Waals surface area contributed by atoms with E-state index in [1.807, 2.05) is 38.2 Å². The number of likely N-dealkylation sites (N-methyl/N-ethyl adjacent to an activating group) is 1. The van der Waals surface area contributed by atoms with E-state index in [0.29, 0.717) is 11.3 Å². The Morgan fingerprint density at radius 1 is 1.19 bits per heavy atom. The van der Waals surface area contributed by atoms with Gasteiger partial charge < -0.3 is 15.7 Å². The molecule has 2 aromatic carbocycles. The maximum absolute atomic E-state index is 12.4. The average Bonchev–Trinajstić information content (AvgIpc) is 2.48. The van der Waals surface area contributed by atoms with Crippen LogP contribution in [0.2, 0.25) is 0 Å². The number of carbonyl (C=O) groups excluding carboxylic acids is 1. The summed E-state index contributed by atoms with van der Waals surface area (Å²) in [5.41, 5.74) is 3.23. The molecule has 0 saturated carbocycles. The van der Waals surface area contributed by atoms with Crippen molar-refractivity contribution >= 4 is 11.6 Å². The quantitative estimate of drug-likeness (QED) is 0.740. The lowest BCUT2D eigenvalue weighted by atomic mass is 10.0. The van der Waals surface area contributed by atoms with Gasteiger partial charge in [-0.1, -0.05) is 18.2 Å². The molecule has 0 aliphatic heterocycles. The summed E-state index contributed by atoms with van der Waals surface area (Å²) in [4.78, 5) is 12.4. The van der Waals surface area contributed by atoms with Gasteiger partial charge in [0.2, 0.25) is 0 Å². The van der Waals surface area contributed by atoms with E-state index >= 15 is 0 Å². The van der Waals surface area contributed by atoms with Crippen molar-refractivity contribution in [3.8, 4) is 5.75 Å². The van der Waals surface area contributed by atoms with Crippen molar-refractivity contribution in [2.75, 3.05) is 18.9 Å². The second kappa shape index (κ2) is 6.90. The molecule has 0 radical (unpaired) electrons. The Morgan fingerprint density at radius 3 is 2.67 bits per heavy atom. The molecule has 0 aliphatic carbocycles. The number of amides is 1. The van der Waals surface area contributed by atoms with Gasteiger partial charge in [0.1, 0.15) is 5.75 Å². The van der Waals surface area contributed by atoms with Crippen molar-refractivity contribution in [3.05, 3.63) is 59.2 Å². The summed E-state index contributed by atoms with van der Waals surface area (Å²) in [7, 11) is 1.89. The summed E-state index contributed by atoms with van der Waals surface area (Å²) in [5.74, 6) is 0.0652. The monoisotopic (exact) mass is 284 g/mol. The smallest absolute Gasteiger partial charge is 0.255 e. The molecule has 0 atom stereocenters. The van der Waals surface area contributed by atoms with E-state index in [4.69, 9.17) is 0 Å². The summed E-state index contributed by atoms with van der Waals surface area (Å²) < 4.78 is 0. The lowest BCUT2D eigenvalue weighted by molar-refractivity contribution is 0.102. The first-order chi connectivity index (χ1) is 10.1. The van der Waals surface area contributed by atoms with Gasteiger partial charge in [0.15, 0.2) is 0 Å². The summed E-state index contributed by atoms with van der Waals surface area (Å²) in [6.07, 6.45) is 0.800. The van der Waals surface area contributed by atoms with E-state index < -0.39 is 0 Å². The number of aryl methyl sites for hydroxylation is 1. The number of carbonyl (C=O) groups is 1. The number of phenols is 1. The Balaban J connectivity index is 2.20. The van der Waals surface area contributed by atoms with Gasteiger partial charge in [-0.3, -0.25) is 4.79 Å². The maximum atomic E-state index is 12.4. The molecule has 0 aliphatic rings. The predicted molar refractivity (Wildman–Crippen MR) is 84.9 cm³/mol. The van der Waals surface area contributed by atoms with Crippen LogP contribution in [0.1, 0.15) is 21.5 Å². The largest absolute Gasteiger partial charge is 0.508 e. The van der Waals surface area contributed by atoms with Crippen LogP contribution in [0.3, 0.4) is 0 Å². The zero-order valence-electron chi connectivity index (χ0n) is 12.3. The second-order valence-corrected chi connectivity index (χ2v) is 4.96. The third-order valence-electron chi connectivity index (χ3n) is 3.36. The molecule has 0 fully saturated rings. The normalized spacial score (nSPS) is 10.4. The lowest BCUT2D eigenvalue weighted by Crippen LogP contribution is -2.17. The zero-order chi connectivity index (χ0) is 15.2. The molecular weight excluding hydrogens is 264 g/mol. The van der Waals surface area contributed by atoms with Gasteiger partial charge in [-0.2, -0.15) is 0 Å². The van der Waals surface area contributed by atoms with Crippen molar-refractivity contribution in [3.63, 3.8) is 0 Å². The van der Waals surface area contributed by atoms with E-state index in [-0.39, 0.29) is 11.7 Å². The number of anilines is 1. The van der Waals surface area contributed by atoms with Gasteiger partial charge in [0, 0.05) is 11.3 Å². The molecule has 0 unspecified atom stereocenters. The molecule has 0 spiro atoms.